The number of nitrogens with zero attached hydrogens (tertiary/aromatic N) is 6. The van der Waals surface area contributed by atoms with Crippen LogP contribution in [0.2, 0.25) is 0 Å². The quantitative estimate of drug-likeness (QED) is 0.541. The Hall–Kier alpha value is -2.90. The average Bonchev–Trinajstić information content (AvgIpc) is 3.08. The van der Waals surface area contributed by atoms with E-state index < -0.39 is 0 Å². The van der Waals surface area contributed by atoms with Crippen molar-refractivity contribution in [3.05, 3.63) is 36.7 Å². The van der Waals surface area contributed by atoms with Crippen molar-refractivity contribution < 1.29 is 0 Å². The first kappa shape index (κ1) is 10.1. The summed E-state index contributed by atoms with van der Waals surface area (Å²) in [6.45, 7) is 0. The lowest BCUT2D eigenvalue weighted by molar-refractivity contribution is 0.998. The minimum absolute atomic E-state index is 0.558. The highest BCUT2D eigenvalue weighted by atomic mass is 15.0. The summed E-state index contributed by atoms with van der Waals surface area (Å²) in [4.78, 5) is 31.1. The van der Waals surface area contributed by atoms with Gasteiger partial charge in [-0.15, -0.1) is 0 Å². The number of H-pyrrole nitrogens is 2. The molecule has 4 rings (SSSR count). The predicted octanol–water partition coefficient (Wildman–Crippen LogP) is 0.610. The molecule has 8 nitrogen and oxygen atoms in total. The van der Waals surface area contributed by atoms with E-state index in [1.54, 1.807) is 12.7 Å². The van der Waals surface area contributed by atoms with Crippen LogP contribution in [0.25, 0.3) is 22.3 Å². The first-order chi connectivity index (χ1) is 9.42. The molecular formula is C11H8N8. The number of aromatic amines is 2. The number of nitrogens with one attached hydrogen (secondary N) is 2. The normalized spacial score (nSPS) is 11.4. The molecule has 8 heteroatoms. The molecule has 0 amide bonds. The molecule has 0 aromatic carbocycles. The van der Waals surface area contributed by atoms with Gasteiger partial charge in [-0.05, 0) is 0 Å². The second kappa shape index (κ2) is 3.80. The molecule has 4 heterocycles. The molecule has 0 aliphatic heterocycles. The molecule has 92 valence electrons. The maximum Gasteiger partial charge on any atom is 0.180 e. The average molecular weight is 252 g/mol. The van der Waals surface area contributed by atoms with Gasteiger partial charge in [0.25, 0.3) is 0 Å². The van der Waals surface area contributed by atoms with Crippen molar-refractivity contribution in [1.29, 1.82) is 0 Å². The number of aromatic nitrogens is 8. The van der Waals surface area contributed by atoms with E-state index in [1.165, 1.54) is 12.7 Å². The summed E-state index contributed by atoms with van der Waals surface area (Å²) < 4.78 is 0. The predicted molar refractivity (Wildman–Crippen MR) is 66.2 cm³/mol. The van der Waals surface area contributed by atoms with Crippen LogP contribution in [0.3, 0.4) is 0 Å². The minimum atomic E-state index is 0.558. The van der Waals surface area contributed by atoms with E-state index in [9.17, 15) is 0 Å². The Morgan fingerprint density at radius 1 is 0.684 bits per heavy atom. The zero-order valence-corrected chi connectivity index (χ0v) is 9.70. The van der Waals surface area contributed by atoms with Gasteiger partial charge in [0.1, 0.15) is 23.7 Å². The van der Waals surface area contributed by atoms with Crippen LogP contribution in [0.1, 0.15) is 11.4 Å². The van der Waals surface area contributed by atoms with Crippen LogP contribution in [0.5, 0.6) is 0 Å². The fourth-order valence-corrected chi connectivity index (χ4v) is 2.06. The van der Waals surface area contributed by atoms with Gasteiger partial charge in [-0.1, -0.05) is 0 Å². The SMILES string of the molecule is c1nc(Cc2ncnc3nc[nH]c23)c2[nH]cnc2n1. The largest absolute Gasteiger partial charge is 0.342 e. The Morgan fingerprint density at radius 2 is 1.21 bits per heavy atom. The topological polar surface area (TPSA) is 109 Å². The van der Waals surface area contributed by atoms with E-state index in [2.05, 4.69) is 39.9 Å². The smallest absolute Gasteiger partial charge is 0.180 e. The van der Waals surface area contributed by atoms with Gasteiger partial charge in [0.15, 0.2) is 11.3 Å². The molecule has 2 N–H and O–H groups in total. The summed E-state index contributed by atoms with van der Waals surface area (Å²) in [5, 5.41) is 0. The van der Waals surface area contributed by atoms with Crippen LogP contribution in [0, 0.1) is 0 Å². The summed E-state index contributed by atoms with van der Waals surface area (Å²) in [5.74, 6) is 0. The summed E-state index contributed by atoms with van der Waals surface area (Å²) in [6.07, 6.45) is 6.78. The lowest BCUT2D eigenvalue weighted by Crippen LogP contribution is -1.99. The van der Waals surface area contributed by atoms with Gasteiger partial charge < -0.3 is 9.97 Å². The van der Waals surface area contributed by atoms with Crippen LogP contribution in [-0.4, -0.2) is 39.9 Å². The minimum Gasteiger partial charge on any atom is -0.342 e. The molecule has 0 radical (unpaired) electrons. The molecule has 0 saturated heterocycles. The van der Waals surface area contributed by atoms with Crippen LogP contribution in [0.15, 0.2) is 25.3 Å². The van der Waals surface area contributed by atoms with Crippen LogP contribution >= 0.6 is 0 Å². The number of rotatable bonds is 2. The van der Waals surface area contributed by atoms with Gasteiger partial charge in [0.2, 0.25) is 0 Å². The number of hydrogen-bond acceptors (Lipinski definition) is 6. The molecule has 0 spiro atoms. The van der Waals surface area contributed by atoms with E-state index in [0.29, 0.717) is 17.7 Å². The molecule has 0 unspecified atom stereocenters. The number of hydrogen-bond donors (Lipinski definition) is 2. The molecule has 0 saturated carbocycles. The highest BCUT2D eigenvalue weighted by Crippen LogP contribution is 2.16. The Labute approximate surface area is 106 Å². The molecular weight excluding hydrogens is 244 g/mol. The van der Waals surface area contributed by atoms with Crippen molar-refractivity contribution >= 4 is 22.3 Å². The van der Waals surface area contributed by atoms with Crippen LogP contribution < -0.4 is 0 Å². The molecule has 0 aliphatic carbocycles. The van der Waals surface area contributed by atoms with Gasteiger partial charge in [-0.2, -0.15) is 0 Å². The van der Waals surface area contributed by atoms with Gasteiger partial charge in [-0.3, -0.25) is 0 Å². The Bertz CT molecular complexity index is 789. The third kappa shape index (κ3) is 1.53. The number of fused-ring (bicyclic) bond motifs is 2. The Kier molecular flexibility index (Phi) is 2.01. The first-order valence-corrected chi connectivity index (χ1v) is 5.68. The zero-order chi connectivity index (χ0) is 12.7. The van der Waals surface area contributed by atoms with Crippen molar-refractivity contribution in [2.45, 2.75) is 6.42 Å². The van der Waals surface area contributed by atoms with E-state index in [4.69, 9.17) is 0 Å². The molecule has 0 fully saturated rings. The zero-order valence-electron chi connectivity index (χ0n) is 9.70. The van der Waals surface area contributed by atoms with E-state index in [0.717, 1.165) is 22.4 Å². The van der Waals surface area contributed by atoms with Crippen molar-refractivity contribution in [2.24, 2.45) is 0 Å². The first-order valence-electron chi connectivity index (χ1n) is 5.68. The highest BCUT2D eigenvalue weighted by Gasteiger charge is 2.11. The standard InChI is InChI=1S/C11H8N8/c1(6-8-10(16-2-12-6)18-4-14-8)7-9-11(17-3-13-7)19-5-15-9/h2-5H,1H2,(H,12,14,16,18)(H,13,15,17,19). The maximum absolute atomic E-state index is 4.29. The van der Waals surface area contributed by atoms with Gasteiger partial charge in [-0.25, -0.2) is 29.9 Å². The van der Waals surface area contributed by atoms with E-state index in [-0.39, 0.29) is 0 Å². The fourth-order valence-electron chi connectivity index (χ4n) is 2.06. The summed E-state index contributed by atoms with van der Waals surface area (Å²) in [5.41, 5.74) is 4.65. The maximum atomic E-state index is 4.29. The molecule has 0 atom stereocenters. The van der Waals surface area contributed by atoms with Gasteiger partial charge in [0.05, 0.1) is 24.0 Å². The summed E-state index contributed by atoms with van der Waals surface area (Å²) in [6, 6.07) is 0. The fraction of sp³-hybridized carbons (Fsp3) is 0.0909. The van der Waals surface area contributed by atoms with Crippen molar-refractivity contribution in [3.8, 4) is 0 Å². The molecule has 4 aromatic rings. The summed E-state index contributed by atoms with van der Waals surface area (Å²) in [7, 11) is 0. The van der Waals surface area contributed by atoms with Crippen LogP contribution in [0.4, 0.5) is 0 Å². The molecule has 19 heavy (non-hydrogen) atoms. The van der Waals surface area contributed by atoms with Crippen LogP contribution in [-0.2, 0) is 6.42 Å². The van der Waals surface area contributed by atoms with Gasteiger partial charge >= 0.3 is 0 Å². The van der Waals surface area contributed by atoms with E-state index in [1.807, 2.05) is 0 Å². The van der Waals surface area contributed by atoms with E-state index >= 15 is 0 Å². The number of imidazole rings is 2. The Morgan fingerprint density at radius 3 is 1.74 bits per heavy atom. The second-order valence-corrected chi connectivity index (χ2v) is 4.02. The Balaban J connectivity index is 1.86. The van der Waals surface area contributed by atoms with Crippen molar-refractivity contribution in [1.82, 2.24) is 39.9 Å². The molecule has 0 aliphatic rings. The third-order valence-electron chi connectivity index (χ3n) is 2.94. The summed E-state index contributed by atoms with van der Waals surface area (Å²) >= 11 is 0. The third-order valence-corrected chi connectivity index (χ3v) is 2.94. The van der Waals surface area contributed by atoms with Crippen molar-refractivity contribution in [2.75, 3.05) is 0 Å². The molecule has 4 aromatic heterocycles. The lowest BCUT2D eigenvalue weighted by Gasteiger charge is -2.01. The molecule has 0 bridgehead atoms. The second-order valence-electron chi connectivity index (χ2n) is 4.02. The van der Waals surface area contributed by atoms with Gasteiger partial charge in [0, 0.05) is 6.42 Å². The monoisotopic (exact) mass is 252 g/mol. The lowest BCUT2D eigenvalue weighted by atomic mass is 10.2. The van der Waals surface area contributed by atoms with Crippen molar-refractivity contribution in [3.63, 3.8) is 0 Å². The highest BCUT2D eigenvalue weighted by molar-refractivity contribution is 5.75.